The molecule has 5 aromatic carbocycles. The Bertz CT molecular complexity index is 2220. The van der Waals surface area contributed by atoms with Crippen LogP contribution >= 0.6 is 11.6 Å². The number of hydrogen-bond acceptors (Lipinski definition) is 3. The molecule has 0 saturated carbocycles. The van der Waals surface area contributed by atoms with Gasteiger partial charge in [0.25, 0.3) is 0 Å². The van der Waals surface area contributed by atoms with Crippen LogP contribution in [-0.4, -0.2) is 19.5 Å². The van der Waals surface area contributed by atoms with E-state index in [1.165, 1.54) is 32.9 Å². The molecule has 0 N–H and O–H groups in total. The van der Waals surface area contributed by atoms with Crippen LogP contribution in [0.5, 0.6) is 0 Å². The maximum atomic E-state index is 6.51. The van der Waals surface area contributed by atoms with E-state index in [4.69, 9.17) is 16.6 Å². The third-order valence-electron chi connectivity index (χ3n) is 8.02. The molecule has 0 aliphatic heterocycles. The van der Waals surface area contributed by atoms with E-state index in [-0.39, 0.29) is 5.28 Å². The zero-order valence-corrected chi connectivity index (χ0v) is 23.5. The first-order chi connectivity index (χ1) is 20.7. The van der Waals surface area contributed by atoms with E-state index < -0.39 is 0 Å². The summed E-state index contributed by atoms with van der Waals surface area (Å²) < 4.78 is 2.38. The molecule has 5 heteroatoms. The number of benzene rings is 5. The van der Waals surface area contributed by atoms with Crippen LogP contribution in [0.1, 0.15) is 12.8 Å². The summed E-state index contributed by atoms with van der Waals surface area (Å²) in [5, 5.41) is 4.97. The Hall–Kier alpha value is -5.06. The molecule has 42 heavy (non-hydrogen) atoms. The number of halogens is 1. The van der Waals surface area contributed by atoms with Crippen molar-refractivity contribution in [3.63, 3.8) is 0 Å². The Morgan fingerprint density at radius 2 is 1.29 bits per heavy atom. The van der Waals surface area contributed by atoms with E-state index in [2.05, 4.69) is 130 Å². The monoisotopic (exact) mass is 560 g/mol. The van der Waals surface area contributed by atoms with Crippen LogP contribution in [0.2, 0.25) is 5.28 Å². The molecule has 0 bridgehead atoms. The third-order valence-corrected chi connectivity index (χ3v) is 8.19. The number of hydrogen-bond donors (Lipinski definition) is 0. The molecule has 200 valence electrons. The number of aromatic nitrogens is 4. The van der Waals surface area contributed by atoms with Gasteiger partial charge in [-0.1, -0.05) is 84.9 Å². The quantitative estimate of drug-likeness (QED) is 0.215. The molecule has 2 aromatic heterocycles. The smallest absolute Gasteiger partial charge is 0.226 e. The van der Waals surface area contributed by atoms with Crippen LogP contribution in [0.25, 0.3) is 72.2 Å². The fraction of sp³-hybridized carbons (Fsp3) is 0.0541. The summed E-state index contributed by atoms with van der Waals surface area (Å²) in [6.07, 6.45) is 8.64. The summed E-state index contributed by atoms with van der Waals surface area (Å²) in [5.74, 6) is 1.11. The number of nitrogens with zero attached hydrogens (tertiary/aromatic N) is 4. The lowest BCUT2D eigenvalue weighted by Crippen LogP contribution is -1.99. The molecule has 2 heterocycles. The van der Waals surface area contributed by atoms with Crippen molar-refractivity contribution in [1.29, 1.82) is 0 Å². The molecule has 0 spiro atoms. The fourth-order valence-electron chi connectivity index (χ4n) is 6.01. The Kier molecular flexibility index (Phi) is 5.94. The zero-order chi connectivity index (χ0) is 28.0. The summed E-state index contributed by atoms with van der Waals surface area (Å²) in [6, 6.07) is 38.2. The van der Waals surface area contributed by atoms with Gasteiger partial charge in [-0.05, 0) is 88.8 Å². The van der Waals surface area contributed by atoms with Gasteiger partial charge >= 0.3 is 0 Å². The first-order valence-electron chi connectivity index (χ1n) is 14.1. The van der Waals surface area contributed by atoms with E-state index >= 15 is 0 Å². The van der Waals surface area contributed by atoms with E-state index in [1.54, 1.807) is 0 Å². The molecule has 0 atom stereocenters. The maximum absolute atomic E-state index is 6.51. The molecule has 1 aliphatic carbocycles. The van der Waals surface area contributed by atoms with Crippen molar-refractivity contribution in [3.05, 3.63) is 133 Å². The third kappa shape index (κ3) is 4.28. The second-order valence-electron chi connectivity index (χ2n) is 10.6. The van der Waals surface area contributed by atoms with Crippen molar-refractivity contribution in [2.75, 3.05) is 0 Å². The summed E-state index contributed by atoms with van der Waals surface area (Å²) in [4.78, 5) is 14.0. The standard InChI is InChI=1S/C37H25ClN4/c38-37-40-35(28-12-8-11-26(22-28)27-18-17-24-9-4-5-10-25(24)21-27)39-36(41-37)29-19-20-34-32(23-29)31-15-6-7-16-33(31)42(34)30-13-2-1-3-14-30/h1-2,4-13,15-23H,3,14H2. The Morgan fingerprint density at radius 1 is 0.571 bits per heavy atom. The van der Waals surface area contributed by atoms with Gasteiger partial charge < -0.3 is 4.57 Å². The highest BCUT2D eigenvalue weighted by atomic mass is 35.5. The molecule has 1 aliphatic rings. The van der Waals surface area contributed by atoms with Crippen LogP contribution in [0.15, 0.2) is 127 Å². The van der Waals surface area contributed by atoms with Crippen LogP contribution in [0, 0.1) is 0 Å². The SMILES string of the molecule is Clc1nc(-c2cccc(-c3ccc4ccccc4c3)c2)nc(-c2ccc3c(c2)c2ccccc2n3C2=CC=CCC2)n1. The zero-order valence-electron chi connectivity index (χ0n) is 22.7. The normalized spacial score (nSPS) is 13.2. The number of fused-ring (bicyclic) bond motifs is 4. The van der Waals surface area contributed by atoms with Gasteiger partial charge in [-0.25, -0.2) is 4.98 Å². The minimum atomic E-state index is 0.174. The van der Waals surface area contributed by atoms with Crippen LogP contribution in [-0.2, 0) is 0 Å². The largest absolute Gasteiger partial charge is 0.313 e. The van der Waals surface area contributed by atoms with Gasteiger partial charge in [0.2, 0.25) is 5.28 Å². The van der Waals surface area contributed by atoms with E-state index in [9.17, 15) is 0 Å². The van der Waals surface area contributed by atoms with Gasteiger partial charge in [0, 0.05) is 27.6 Å². The molecule has 0 unspecified atom stereocenters. The average Bonchev–Trinajstić information content (AvgIpc) is 3.38. The molecular weight excluding hydrogens is 536 g/mol. The highest BCUT2D eigenvalue weighted by Gasteiger charge is 2.17. The second kappa shape index (κ2) is 10.1. The van der Waals surface area contributed by atoms with Gasteiger partial charge in [0.05, 0.1) is 11.0 Å². The van der Waals surface area contributed by atoms with Gasteiger partial charge in [-0.15, -0.1) is 0 Å². The molecular formula is C37H25ClN4. The van der Waals surface area contributed by atoms with Crippen molar-refractivity contribution < 1.29 is 0 Å². The number of rotatable bonds is 4. The van der Waals surface area contributed by atoms with E-state index in [1.807, 2.05) is 12.1 Å². The van der Waals surface area contributed by atoms with Gasteiger partial charge in [0.15, 0.2) is 11.6 Å². The predicted octanol–water partition coefficient (Wildman–Crippen LogP) is 9.98. The summed E-state index contributed by atoms with van der Waals surface area (Å²) in [6.45, 7) is 0. The average molecular weight is 561 g/mol. The maximum Gasteiger partial charge on any atom is 0.226 e. The van der Waals surface area contributed by atoms with Crippen LogP contribution < -0.4 is 0 Å². The van der Waals surface area contributed by atoms with Crippen molar-refractivity contribution in [3.8, 4) is 33.9 Å². The van der Waals surface area contributed by atoms with Crippen molar-refractivity contribution in [1.82, 2.24) is 19.5 Å². The first kappa shape index (κ1) is 24.7. The molecule has 7 aromatic rings. The Labute approximate surface area is 248 Å². The summed E-state index contributed by atoms with van der Waals surface area (Å²) in [7, 11) is 0. The summed E-state index contributed by atoms with van der Waals surface area (Å²) >= 11 is 6.51. The predicted molar refractivity (Wildman–Crippen MR) is 174 cm³/mol. The fourth-order valence-corrected chi connectivity index (χ4v) is 6.17. The summed E-state index contributed by atoms with van der Waals surface area (Å²) in [5.41, 5.74) is 7.70. The van der Waals surface area contributed by atoms with Crippen molar-refractivity contribution in [2.45, 2.75) is 12.8 Å². The molecule has 0 saturated heterocycles. The minimum Gasteiger partial charge on any atom is -0.313 e. The highest BCUT2D eigenvalue weighted by Crippen LogP contribution is 2.36. The van der Waals surface area contributed by atoms with Gasteiger partial charge in [0.1, 0.15) is 0 Å². The number of allylic oxidation sites excluding steroid dienone is 4. The number of para-hydroxylation sites is 1. The Morgan fingerprint density at radius 3 is 2.14 bits per heavy atom. The molecule has 0 amide bonds. The van der Waals surface area contributed by atoms with Gasteiger partial charge in [-0.3, -0.25) is 0 Å². The topological polar surface area (TPSA) is 43.6 Å². The lowest BCUT2D eigenvalue weighted by atomic mass is 9.99. The molecule has 0 fully saturated rings. The lowest BCUT2D eigenvalue weighted by molar-refractivity contribution is 0.979. The van der Waals surface area contributed by atoms with Crippen molar-refractivity contribution >= 4 is 49.9 Å². The van der Waals surface area contributed by atoms with Gasteiger partial charge in [-0.2, -0.15) is 9.97 Å². The first-order valence-corrected chi connectivity index (χ1v) is 14.5. The Balaban J connectivity index is 1.22. The van der Waals surface area contributed by atoms with Crippen LogP contribution in [0.4, 0.5) is 0 Å². The molecule has 4 nitrogen and oxygen atoms in total. The molecule has 8 rings (SSSR count). The second-order valence-corrected chi connectivity index (χ2v) is 10.9. The lowest BCUT2D eigenvalue weighted by Gasteiger charge is -2.14. The van der Waals surface area contributed by atoms with E-state index in [0.717, 1.165) is 40.5 Å². The molecule has 0 radical (unpaired) electrons. The van der Waals surface area contributed by atoms with Crippen molar-refractivity contribution in [2.24, 2.45) is 0 Å². The van der Waals surface area contributed by atoms with E-state index in [0.29, 0.717) is 11.6 Å². The highest BCUT2D eigenvalue weighted by molar-refractivity contribution is 6.28. The minimum absolute atomic E-state index is 0.174. The van der Waals surface area contributed by atoms with Crippen LogP contribution in [0.3, 0.4) is 0 Å².